The molecule has 0 atom stereocenters. The van der Waals surface area contributed by atoms with Crippen molar-refractivity contribution in [3.63, 3.8) is 0 Å². The number of benzene rings is 3. The molecular formula is C29H33N. The largest absolute Gasteiger partial charge is 0.339 e. The maximum atomic E-state index is 2.53. The van der Waals surface area contributed by atoms with E-state index in [-0.39, 0.29) is 5.41 Å². The molecule has 3 aromatic rings. The summed E-state index contributed by atoms with van der Waals surface area (Å²) in [6.07, 6.45) is 6.61. The normalized spacial score (nSPS) is 16.6. The Morgan fingerprint density at radius 2 is 1.37 bits per heavy atom. The average Bonchev–Trinajstić information content (AvgIpc) is 2.98. The highest BCUT2D eigenvalue weighted by atomic mass is 15.2. The highest BCUT2D eigenvalue weighted by molar-refractivity contribution is 5.84. The molecule has 2 aliphatic carbocycles. The summed E-state index contributed by atoms with van der Waals surface area (Å²) < 4.78 is 0. The Hall–Kier alpha value is -2.54. The topological polar surface area (TPSA) is 3.24 Å². The second-order valence-electron chi connectivity index (χ2n) is 9.73. The van der Waals surface area contributed by atoms with Crippen LogP contribution in [0.5, 0.6) is 0 Å². The molecule has 1 fully saturated rings. The van der Waals surface area contributed by atoms with Gasteiger partial charge in [-0.25, -0.2) is 0 Å². The summed E-state index contributed by atoms with van der Waals surface area (Å²) in [5, 5.41) is 0. The summed E-state index contributed by atoms with van der Waals surface area (Å²) in [6.45, 7) is 9.00. The van der Waals surface area contributed by atoms with Gasteiger partial charge < -0.3 is 4.90 Å². The molecule has 0 heterocycles. The van der Waals surface area contributed by atoms with Crippen LogP contribution >= 0.6 is 0 Å². The molecule has 154 valence electrons. The van der Waals surface area contributed by atoms with Crippen LogP contribution in [0.25, 0.3) is 11.1 Å². The number of nitrogens with zero attached hydrogens (tertiary/aromatic N) is 1. The van der Waals surface area contributed by atoms with E-state index in [9.17, 15) is 0 Å². The molecule has 0 saturated heterocycles. The zero-order chi connectivity index (χ0) is 20.9. The van der Waals surface area contributed by atoms with Gasteiger partial charge in [-0.1, -0.05) is 55.7 Å². The molecule has 0 aliphatic heterocycles. The summed E-state index contributed by atoms with van der Waals surface area (Å²) >= 11 is 0. The number of fused-ring (bicyclic) bond motifs is 5. The monoisotopic (exact) mass is 395 g/mol. The molecule has 1 saturated carbocycles. The van der Waals surface area contributed by atoms with Crippen LogP contribution in [0.2, 0.25) is 0 Å². The van der Waals surface area contributed by atoms with Crippen LogP contribution in [0.15, 0.2) is 60.7 Å². The molecule has 5 rings (SSSR count). The minimum atomic E-state index is 0.214. The van der Waals surface area contributed by atoms with Gasteiger partial charge in [0.05, 0.1) is 0 Å². The number of hydrogen-bond acceptors (Lipinski definition) is 1. The van der Waals surface area contributed by atoms with Gasteiger partial charge in [0, 0.05) is 22.8 Å². The molecule has 0 unspecified atom stereocenters. The van der Waals surface area contributed by atoms with Crippen molar-refractivity contribution >= 4 is 11.4 Å². The molecule has 0 bridgehead atoms. The van der Waals surface area contributed by atoms with Crippen LogP contribution in [0, 0.1) is 13.8 Å². The Labute approximate surface area is 181 Å². The number of anilines is 2. The third-order valence-electron chi connectivity index (χ3n) is 7.24. The molecule has 0 radical (unpaired) electrons. The van der Waals surface area contributed by atoms with Gasteiger partial charge in [0.2, 0.25) is 0 Å². The summed E-state index contributed by atoms with van der Waals surface area (Å²) in [7, 11) is 0. The van der Waals surface area contributed by atoms with Crippen molar-refractivity contribution in [1.82, 2.24) is 0 Å². The second kappa shape index (κ2) is 7.30. The first-order valence-corrected chi connectivity index (χ1v) is 11.6. The number of aryl methyl sites for hydroxylation is 2. The maximum absolute atomic E-state index is 2.53. The minimum Gasteiger partial charge on any atom is -0.339 e. The zero-order valence-corrected chi connectivity index (χ0v) is 18.8. The van der Waals surface area contributed by atoms with Gasteiger partial charge in [-0.15, -0.1) is 0 Å². The lowest BCUT2D eigenvalue weighted by molar-refractivity contribution is 0.353. The van der Waals surface area contributed by atoms with Crippen LogP contribution in [0.1, 0.15) is 68.2 Å². The van der Waals surface area contributed by atoms with Gasteiger partial charge in [0.15, 0.2) is 0 Å². The fourth-order valence-electron chi connectivity index (χ4n) is 6.12. The fraction of sp³-hybridized carbons (Fsp3) is 0.379. The predicted octanol–water partition coefficient (Wildman–Crippen LogP) is 8.08. The predicted molar refractivity (Wildman–Crippen MR) is 129 cm³/mol. The fourth-order valence-corrected chi connectivity index (χ4v) is 6.12. The van der Waals surface area contributed by atoms with Gasteiger partial charge in [0.1, 0.15) is 0 Å². The molecule has 1 nitrogen and oxygen atoms in total. The van der Waals surface area contributed by atoms with E-state index in [1.807, 2.05) is 0 Å². The van der Waals surface area contributed by atoms with Crippen molar-refractivity contribution in [3.05, 3.63) is 82.9 Å². The molecule has 2 aliphatic rings. The first-order chi connectivity index (χ1) is 14.5. The van der Waals surface area contributed by atoms with Crippen LogP contribution in [-0.2, 0) is 5.41 Å². The van der Waals surface area contributed by atoms with Crippen molar-refractivity contribution in [2.45, 2.75) is 71.3 Å². The Kier molecular flexibility index (Phi) is 4.73. The Balaban J connectivity index is 1.68. The highest BCUT2D eigenvalue weighted by Gasteiger charge is 2.43. The standard InChI is InChI=1S/C29H33N/c1-20(2)30(24-17-21(3)16-22(4)18-24)23-12-13-26-25-10-6-7-11-27(25)29(28(26)19-23)14-8-5-9-15-29/h6-7,10-13,16-20H,5,8-9,14-15H2,1-4H3. The van der Waals surface area contributed by atoms with Crippen molar-refractivity contribution in [1.29, 1.82) is 0 Å². The summed E-state index contributed by atoms with van der Waals surface area (Å²) in [5.41, 5.74) is 11.5. The Morgan fingerprint density at radius 1 is 0.700 bits per heavy atom. The molecule has 3 aromatic carbocycles. The Bertz CT molecular complexity index is 1070. The van der Waals surface area contributed by atoms with E-state index in [0.717, 1.165) is 0 Å². The van der Waals surface area contributed by atoms with Crippen molar-refractivity contribution < 1.29 is 0 Å². The summed E-state index contributed by atoms with van der Waals surface area (Å²) in [4.78, 5) is 2.51. The van der Waals surface area contributed by atoms with Crippen LogP contribution in [-0.4, -0.2) is 6.04 Å². The summed E-state index contributed by atoms with van der Waals surface area (Å²) in [6, 6.07) is 23.7. The minimum absolute atomic E-state index is 0.214. The van der Waals surface area contributed by atoms with Gasteiger partial charge in [0.25, 0.3) is 0 Å². The molecule has 0 N–H and O–H groups in total. The summed E-state index contributed by atoms with van der Waals surface area (Å²) in [5.74, 6) is 0. The van der Waals surface area contributed by atoms with Crippen molar-refractivity contribution in [2.75, 3.05) is 4.90 Å². The molecule has 0 aromatic heterocycles. The smallest absolute Gasteiger partial charge is 0.0418 e. The molecule has 1 spiro atoms. The lowest BCUT2D eigenvalue weighted by Crippen LogP contribution is -2.29. The van der Waals surface area contributed by atoms with Crippen molar-refractivity contribution in [2.24, 2.45) is 0 Å². The van der Waals surface area contributed by atoms with Gasteiger partial charge in [-0.05, 0) is 98.2 Å². The molecule has 0 amide bonds. The first-order valence-electron chi connectivity index (χ1n) is 11.6. The van der Waals surface area contributed by atoms with E-state index in [1.54, 1.807) is 11.1 Å². The third-order valence-corrected chi connectivity index (χ3v) is 7.24. The molecule has 1 heteroatoms. The molecular weight excluding hydrogens is 362 g/mol. The van der Waals surface area contributed by atoms with Crippen LogP contribution in [0.4, 0.5) is 11.4 Å². The quantitative estimate of drug-likeness (QED) is 0.433. The van der Waals surface area contributed by atoms with E-state index in [4.69, 9.17) is 0 Å². The van der Waals surface area contributed by atoms with Crippen LogP contribution in [0.3, 0.4) is 0 Å². The van der Waals surface area contributed by atoms with E-state index in [2.05, 4.69) is 93.3 Å². The second-order valence-corrected chi connectivity index (χ2v) is 9.73. The van der Waals surface area contributed by atoms with E-state index in [0.29, 0.717) is 6.04 Å². The number of hydrogen-bond donors (Lipinski definition) is 0. The third kappa shape index (κ3) is 2.98. The zero-order valence-electron chi connectivity index (χ0n) is 18.8. The SMILES string of the molecule is Cc1cc(C)cc(N(c2ccc3c(c2)C2(CCCCC2)c2ccccc2-3)C(C)C)c1. The highest BCUT2D eigenvalue weighted by Crippen LogP contribution is 2.56. The van der Waals surface area contributed by atoms with E-state index in [1.165, 1.54) is 65.7 Å². The van der Waals surface area contributed by atoms with Gasteiger partial charge >= 0.3 is 0 Å². The van der Waals surface area contributed by atoms with Gasteiger partial charge in [-0.2, -0.15) is 0 Å². The lowest BCUT2D eigenvalue weighted by atomic mass is 9.68. The molecule has 30 heavy (non-hydrogen) atoms. The van der Waals surface area contributed by atoms with E-state index < -0.39 is 0 Å². The lowest BCUT2D eigenvalue weighted by Gasteiger charge is -2.37. The van der Waals surface area contributed by atoms with Gasteiger partial charge in [-0.3, -0.25) is 0 Å². The van der Waals surface area contributed by atoms with E-state index >= 15 is 0 Å². The van der Waals surface area contributed by atoms with Crippen molar-refractivity contribution in [3.8, 4) is 11.1 Å². The first kappa shape index (κ1) is 19.4. The maximum Gasteiger partial charge on any atom is 0.0418 e. The average molecular weight is 396 g/mol. The number of rotatable bonds is 3. The van der Waals surface area contributed by atoms with Crippen LogP contribution < -0.4 is 4.90 Å². The Morgan fingerprint density at radius 3 is 2.07 bits per heavy atom.